The summed E-state index contributed by atoms with van der Waals surface area (Å²) in [5.41, 5.74) is 3.03. The normalized spacial score (nSPS) is 15.0. The second kappa shape index (κ2) is 9.65. The van der Waals surface area contributed by atoms with Gasteiger partial charge in [-0.15, -0.1) is 0 Å². The number of piperidine rings is 1. The van der Waals surface area contributed by atoms with Gasteiger partial charge in [-0.1, -0.05) is 18.2 Å². The lowest BCUT2D eigenvalue weighted by atomic mass is 10.1. The summed E-state index contributed by atoms with van der Waals surface area (Å²) in [6.45, 7) is 6.21. The smallest absolute Gasteiger partial charge is 0.238 e. The molecule has 6 heteroatoms. The minimum absolute atomic E-state index is 0.0358. The lowest BCUT2D eigenvalue weighted by molar-refractivity contribution is -0.117. The number of aryl methyl sites for hydroxylation is 2. The molecule has 1 heterocycles. The van der Waals surface area contributed by atoms with Gasteiger partial charge in [-0.2, -0.15) is 0 Å². The fourth-order valence-electron chi connectivity index (χ4n) is 3.65. The Balaban J connectivity index is 1.48. The molecule has 156 valence electrons. The van der Waals surface area contributed by atoms with Crippen LogP contribution in [0.25, 0.3) is 0 Å². The largest absolute Gasteiger partial charge is 0.493 e. The van der Waals surface area contributed by atoms with E-state index in [2.05, 4.69) is 42.3 Å². The molecule has 1 aliphatic rings. The molecule has 1 aliphatic heterocycles. The summed E-state index contributed by atoms with van der Waals surface area (Å²) in [5.74, 6) is 2.19. The predicted molar refractivity (Wildman–Crippen MR) is 114 cm³/mol. The molecule has 1 amide bonds. The van der Waals surface area contributed by atoms with E-state index < -0.39 is 0 Å². The Morgan fingerprint density at radius 2 is 1.69 bits per heavy atom. The lowest BCUT2D eigenvalue weighted by Gasteiger charge is -2.32. The Labute approximate surface area is 172 Å². The number of nitrogens with zero attached hydrogens (tertiary/aromatic N) is 1. The van der Waals surface area contributed by atoms with E-state index in [1.165, 1.54) is 11.1 Å². The third-order valence-electron chi connectivity index (χ3n) is 5.26. The van der Waals surface area contributed by atoms with Gasteiger partial charge in [0, 0.05) is 24.8 Å². The van der Waals surface area contributed by atoms with Gasteiger partial charge in [0.1, 0.15) is 11.9 Å². The number of likely N-dealkylation sites (tertiary alicyclic amines) is 1. The van der Waals surface area contributed by atoms with Crippen molar-refractivity contribution in [3.8, 4) is 17.2 Å². The number of nitrogens with one attached hydrogen (secondary N) is 1. The molecule has 1 N–H and O–H groups in total. The van der Waals surface area contributed by atoms with E-state index in [-0.39, 0.29) is 12.0 Å². The molecule has 0 spiro atoms. The summed E-state index contributed by atoms with van der Waals surface area (Å²) in [7, 11) is 3.16. The Bertz CT molecular complexity index is 825. The number of hydrogen-bond donors (Lipinski definition) is 1. The summed E-state index contributed by atoms with van der Waals surface area (Å²) in [6, 6.07) is 11.6. The Kier molecular flexibility index (Phi) is 6.99. The molecule has 1 saturated heterocycles. The van der Waals surface area contributed by atoms with Gasteiger partial charge < -0.3 is 19.5 Å². The predicted octanol–water partition coefficient (Wildman–Crippen LogP) is 3.80. The van der Waals surface area contributed by atoms with Crippen molar-refractivity contribution in [1.29, 1.82) is 0 Å². The highest BCUT2D eigenvalue weighted by Crippen LogP contribution is 2.30. The molecular formula is C23H30N2O4. The van der Waals surface area contributed by atoms with Gasteiger partial charge in [-0.3, -0.25) is 9.69 Å². The average Bonchev–Trinajstić information content (AvgIpc) is 2.72. The molecule has 0 atom stereocenters. The number of methoxy groups -OCH3 is 2. The molecule has 1 fully saturated rings. The van der Waals surface area contributed by atoms with Crippen LogP contribution in [0.4, 0.5) is 5.69 Å². The molecule has 0 aromatic heterocycles. The van der Waals surface area contributed by atoms with Crippen molar-refractivity contribution in [1.82, 2.24) is 4.90 Å². The van der Waals surface area contributed by atoms with Crippen LogP contribution in [0.5, 0.6) is 17.2 Å². The Hall–Kier alpha value is -2.73. The van der Waals surface area contributed by atoms with Crippen LogP contribution < -0.4 is 19.5 Å². The molecule has 0 radical (unpaired) electrons. The van der Waals surface area contributed by atoms with Crippen LogP contribution in [0.2, 0.25) is 0 Å². The van der Waals surface area contributed by atoms with Crippen LogP contribution in [0, 0.1) is 13.8 Å². The van der Waals surface area contributed by atoms with E-state index in [1.54, 1.807) is 26.4 Å². The van der Waals surface area contributed by atoms with Crippen molar-refractivity contribution < 1.29 is 19.0 Å². The number of benzene rings is 2. The topological polar surface area (TPSA) is 60.0 Å². The molecule has 3 rings (SSSR count). The van der Waals surface area contributed by atoms with Crippen molar-refractivity contribution in [2.75, 3.05) is 39.2 Å². The zero-order valence-corrected chi connectivity index (χ0v) is 17.7. The number of para-hydroxylation sites is 1. The second-order valence-electron chi connectivity index (χ2n) is 7.43. The number of rotatable bonds is 7. The van der Waals surface area contributed by atoms with Gasteiger partial charge in [0.05, 0.1) is 20.8 Å². The highest BCUT2D eigenvalue weighted by atomic mass is 16.5. The third-order valence-corrected chi connectivity index (χ3v) is 5.26. The first-order chi connectivity index (χ1) is 14.0. The van der Waals surface area contributed by atoms with Crippen LogP contribution in [-0.4, -0.2) is 50.8 Å². The van der Waals surface area contributed by atoms with Gasteiger partial charge in [0.15, 0.2) is 11.5 Å². The number of carbonyl (C=O) groups is 1. The molecule has 0 aliphatic carbocycles. The van der Waals surface area contributed by atoms with E-state index >= 15 is 0 Å². The van der Waals surface area contributed by atoms with Crippen molar-refractivity contribution in [3.63, 3.8) is 0 Å². The van der Waals surface area contributed by atoms with E-state index in [9.17, 15) is 4.79 Å². The first-order valence-electron chi connectivity index (χ1n) is 9.97. The van der Waals surface area contributed by atoms with Gasteiger partial charge >= 0.3 is 0 Å². The average molecular weight is 399 g/mol. The first kappa shape index (κ1) is 21.0. The van der Waals surface area contributed by atoms with E-state index in [0.717, 1.165) is 31.7 Å². The van der Waals surface area contributed by atoms with Gasteiger partial charge in [-0.05, 0) is 49.9 Å². The van der Waals surface area contributed by atoms with Crippen LogP contribution >= 0.6 is 0 Å². The molecule has 2 aromatic carbocycles. The third kappa shape index (κ3) is 5.41. The first-order valence-corrected chi connectivity index (χ1v) is 9.97. The highest BCUT2D eigenvalue weighted by molar-refractivity contribution is 5.92. The van der Waals surface area contributed by atoms with Gasteiger partial charge in [0.2, 0.25) is 5.91 Å². The molecule has 6 nitrogen and oxygen atoms in total. The van der Waals surface area contributed by atoms with Crippen LogP contribution in [0.3, 0.4) is 0 Å². The van der Waals surface area contributed by atoms with Crippen molar-refractivity contribution >= 4 is 11.6 Å². The quantitative estimate of drug-likeness (QED) is 0.769. The maximum Gasteiger partial charge on any atom is 0.238 e. The maximum absolute atomic E-state index is 12.4. The van der Waals surface area contributed by atoms with Crippen molar-refractivity contribution in [3.05, 3.63) is 47.5 Å². The fraction of sp³-hybridized carbons (Fsp3) is 0.435. The molecule has 29 heavy (non-hydrogen) atoms. The summed E-state index contributed by atoms with van der Waals surface area (Å²) >= 11 is 0. The highest BCUT2D eigenvalue weighted by Gasteiger charge is 2.23. The molecular weight excluding hydrogens is 368 g/mol. The monoisotopic (exact) mass is 398 g/mol. The summed E-state index contributed by atoms with van der Waals surface area (Å²) in [6.07, 6.45) is 2.02. The van der Waals surface area contributed by atoms with Crippen LogP contribution in [0.1, 0.15) is 24.0 Å². The standard InChI is InChI=1S/C23H30N2O4/c1-16-6-5-7-17(2)23(16)29-19-10-12-25(13-11-19)15-22(26)24-18-8-9-20(27-3)21(14-18)28-4/h5-9,14,19H,10-13,15H2,1-4H3,(H,24,26). The van der Waals surface area contributed by atoms with Crippen molar-refractivity contribution in [2.45, 2.75) is 32.8 Å². The zero-order valence-electron chi connectivity index (χ0n) is 17.7. The van der Waals surface area contributed by atoms with E-state index in [4.69, 9.17) is 14.2 Å². The summed E-state index contributed by atoms with van der Waals surface area (Å²) < 4.78 is 16.8. The number of anilines is 1. The zero-order chi connectivity index (χ0) is 20.8. The van der Waals surface area contributed by atoms with E-state index in [1.807, 2.05) is 6.07 Å². The van der Waals surface area contributed by atoms with Crippen LogP contribution in [-0.2, 0) is 4.79 Å². The maximum atomic E-state index is 12.4. The number of carbonyl (C=O) groups excluding carboxylic acids is 1. The fourth-order valence-corrected chi connectivity index (χ4v) is 3.65. The van der Waals surface area contributed by atoms with Gasteiger partial charge in [-0.25, -0.2) is 0 Å². The number of ether oxygens (including phenoxy) is 3. The minimum Gasteiger partial charge on any atom is -0.493 e. The minimum atomic E-state index is -0.0358. The molecule has 0 bridgehead atoms. The molecule has 0 saturated carbocycles. The summed E-state index contributed by atoms with van der Waals surface area (Å²) in [5, 5.41) is 2.93. The van der Waals surface area contributed by atoms with Crippen molar-refractivity contribution in [2.24, 2.45) is 0 Å². The lowest BCUT2D eigenvalue weighted by Crippen LogP contribution is -2.42. The number of hydrogen-bond acceptors (Lipinski definition) is 5. The molecule has 0 unspecified atom stereocenters. The van der Waals surface area contributed by atoms with Crippen LogP contribution in [0.15, 0.2) is 36.4 Å². The van der Waals surface area contributed by atoms with E-state index in [0.29, 0.717) is 23.7 Å². The Morgan fingerprint density at radius 1 is 1.03 bits per heavy atom. The molecule has 2 aromatic rings. The summed E-state index contributed by atoms with van der Waals surface area (Å²) in [4.78, 5) is 14.6. The Morgan fingerprint density at radius 3 is 2.31 bits per heavy atom. The van der Waals surface area contributed by atoms with Gasteiger partial charge in [0.25, 0.3) is 0 Å². The SMILES string of the molecule is COc1ccc(NC(=O)CN2CCC(Oc3c(C)cccc3C)CC2)cc1OC. The second-order valence-corrected chi connectivity index (χ2v) is 7.43. The number of amides is 1.